The van der Waals surface area contributed by atoms with E-state index >= 15 is 0 Å². The normalized spacial score (nSPS) is 43.9. The number of hydrogen-bond acceptors (Lipinski definition) is 2. The summed E-state index contributed by atoms with van der Waals surface area (Å²) in [6, 6.07) is 0. The summed E-state index contributed by atoms with van der Waals surface area (Å²) in [6.45, 7) is 0. The van der Waals surface area contributed by atoms with Gasteiger partial charge in [0.2, 0.25) is 0 Å². The summed E-state index contributed by atoms with van der Waals surface area (Å²) in [5, 5.41) is 1.77. The van der Waals surface area contributed by atoms with Gasteiger partial charge in [-0.2, -0.15) is 24.4 Å². The Kier molecular flexibility index (Phi) is 2.73. The van der Waals surface area contributed by atoms with E-state index in [1.165, 1.54) is 37.9 Å². The minimum Gasteiger partial charge on any atom is -0.176 e. The molecule has 0 aromatic heterocycles. The summed E-state index contributed by atoms with van der Waals surface area (Å²) in [6.07, 6.45) is 7.14. The van der Waals surface area contributed by atoms with E-state index in [1.54, 1.807) is 0 Å². The van der Waals surface area contributed by atoms with Crippen LogP contribution in [0.2, 0.25) is 0 Å². The highest BCUT2D eigenvalue weighted by Gasteiger charge is 2.28. The average molecular weight is 188 g/mol. The van der Waals surface area contributed by atoms with E-state index in [-0.39, 0.29) is 0 Å². The first-order valence-corrected chi connectivity index (χ1v) is 6.21. The Morgan fingerprint density at radius 3 is 2.36 bits per heavy atom. The number of hydrogen-bond donors (Lipinski definition) is 1. The Hall–Kier alpha value is 0.700. The van der Waals surface area contributed by atoms with Crippen molar-refractivity contribution in [1.29, 1.82) is 0 Å². The van der Waals surface area contributed by atoms with Crippen LogP contribution in [-0.2, 0) is 0 Å². The van der Waals surface area contributed by atoms with Gasteiger partial charge in [-0.1, -0.05) is 0 Å². The molecule has 0 aromatic rings. The largest absolute Gasteiger partial charge is 0.176 e. The minimum atomic E-state index is 0.720. The number of thiol groups is 1. The van der Waals surface area contributed by atoms with Crippen molar-refractivity contribution in [3.63, 3.8) is 0 Å². The van der Waals surface area contributed by atoms with Crippen molar-refractivity contribution in [2.75, 3.05) is 5.75 Å². The molecular weight excluding hydrogens is 172 g/mol. The lowest BCUT2D eigenvalue weighted by Crippen LogP contribution is -2.15. The molecule has 1 atom stereocenters. The summed E-state index contributed by atoms with van der Waals surface area (Å²) in [4.78, 5) is 0. The first-order valence-electron chi connectivity index (χ1n) is 4.64. The highest BCUT2D eigenvalue weighted by Crippen LogP contribution is 2.40. The minimum absolute atomic E-state index is 0.720. The Balaban J connectivity index is 1.69. The molecule has 2 heteroatoms. The number of rotatable bonds is 2. The zero-order valence-electron chi connectivity index (χ0n) is 6.83. The lowest BCUT2D eigenvalue weighted by atomic mass is 9.86. The van der Waals surface area contributed by atoms with Gasteiger partial charge in [0.05, 0.1) is 0 Å². The van der Waals surface area contributed by atoms with Crippen molar-refractivity contribution in [3.05, 3.63) is 0 Å². The van der Waals surface area contributed by atoms with Gasteiger partial charge in [0.15, 0.2) is 0 Å². The molecule has 1 saturated heterocycles. The van der Waals surface area contributed by atoms with Gasteiger partial charge in [-0.05, 0) is 38.0 Å². The van der Waals surface area contributed by atoms with Crippen molar-refractivity contribution in [1.82, 2.24) is 0 Å². The van der Waals surface area contributed by atoms with Gasteiger partial charge in [-0.25, -0.2) is 0 Å². The Morgan fingerprint density at radius 2 is 1.82 bits per heavy atom. The molecule has 1 unspecified atom stereocenters. The van der Waals surface area contributed by atoms with E-state index in [0.29, 0.717) is 0 Å². The molecule has 0 spiro atoms. The second-order valence-corrected chi connectivity index (χ2v) is 5.93. The molecule has 0 bridgehead atoms. The summed E-state index contributed by atoms with van der Waals surface area (Å²) in [5.41, 5.74) is 0. The molecule has 0 nitrogen and oxygen atoms in total. The van der Waals surface area contributed by atoms with E-state index in [4.69, 9.17) is 0 Å². The fraction of sp³-hybridized carbons (Fsp3) is 1.00. The Bertz CT molecular complexity index is 124. The molecule has 1 aliphatic heterocycles. The van der Waals surface area contributed by atoms with Crippen molar-refractivity contribution in [3.8, 4) is 0 Å². The van der Waals surface area contributed by atoms with Crippen LogP contribution >= 0.6 is 24.4 Å². The highest BCUT2D eigenvalue weighted by molar-refractivity contribution is 8.06. The molecule has 0 radical (unpaired) electrons. The van der Waals surface area contributed by atoms with Crippen LogP contribution in [0, 0.1) is 5.92 Å². The molecule has 0 amide bonds. The SMILES string of the molecule is SC1CCC(CC2CS2)CC1. The Morgan fingerprint density at radius 1 is 1.18 bits per heavy atom. The third kappa shape index (κ3) is 2.59. The van der Waals surface area contributed by atoms with Crippen LogP contribution in [-0.4, -0.2) is 16.3 Å². The highest BCUT2D eigenvalue weighted by atomic mass is 32.2. The summed E-state index contributed by atoms with van der Waals surface area (Å²) >= 11 is 6.65. The van der Waals surface area contributed by atoms with Gasteiger partial charge in [0.1, 0.15) is 0 Å². The third-order valence-corrected chi connectivity index (χ3v) is 4.33. The fourth-order valence-electron chi connectivity index (χ4n) is 1.96. The van der Waals surface area contributed by atoms with Crippen molar-refractivity contribution in [2.24, 2.45) is 5.92 Å². The zero-order chi connectivity index (χ0) is 7.68. The van der Waals surface area contributed by atoms with E-state index in [9.17, 15) is 0 Å². The molecule has 2 rings (SSSR count). The first-order chi connectivity index (χ1) is 5.34. The molecule has 0 N–H and O–H groups in total. The summed E-state index contributed by atoms with van der Waals surface area (Å²) in [7, 11) is 0. The Labute approximate surface area is 78.9 Å². The quantitative estimate of drug-likeness (QED) is 0.513. The topological polar surface area (TPSA) is 0 Å². The van der Waals surface area contributed by atoms with Crippen molar-refractivity contribution < 1.29 is 0 Å². The van der Waals surface area contributed by atoms with Gasteiger partial charge in [-0.15, -0.1) is 0 Å². The molecule has 64 valence electrons. The predicted molar refractivity (Wildman–Crippen MR) is 55.6 cm³/mol. The van der Waals surface area contributed by atoms with Crippen LogP contribution in [0.3, 0.4) is 0 Å². The predicted octanol–water partition coefficient (Wildman–Crippen LogP) is 2.98. The number of thioether (sulfide) groups is 1. The van der Waals surface area contributed by atoms with E-state index in [2.05, 4.69) is 24.4 Å². The molecule has 2 aliphatic rings. The maximum atomic E-state index is 4.50. The van der Waals surface area contributed by atoms with E-state index < -0.39 is 0 Å². The van der Waals surface area contributed by atoms with Crippen LogP contribution in [0.4, 0.5) is 0 Å². The lowest BCUT2D eigenvalue weighted by molar-refractivity contribution is 0.351. The fourth-order valence-corrected chi connectivity index (χ4v) is 2.94. The molecule has 1 heterocycles. The second kappa shape index (κ2) is 3.61. The summed E-state index contributed by atoms with van der Waals surface area (Å²) in [5.74, 6) is 2.50. The summed E-state index contributed by atoms with van der Waals surface area (Å²) < 4.78 is 0. The molecule has 11 heavy (non-hydrogen) atoms. The van der Waals surface area contributed by atoms with Gasteiger partial charge in [-0.3, -0.25) is 0 Å². The maximum Gasteiger partial charge on any atom is 0.0141 e. The average Bonchev–Trinajstić information content (AvgIpc) is 2.78. The van der Waals surface area contributed by atoms with Gasteiger partial charge < -0.3 is 0 Å². The lowest BCUT2D eigenvalue weighted by Gasteiger charge is -2.25. The third-order valence-electron chi connectivity index (χ3n) is 2.81. The maximum absolute atomic E-state index is 4.50. The second-order valence-electron chi connectivity index (χ2n) is 3.87. The van der Waals surface area contributed by atoms with Gasteiger partial charge >= 0.3 is 0 Å². The standard InChI is InChI=1S/C9H16S2/c10-8-3-1-7(2-4-8)5-9-6-11-9/h7-10H,1-6H2. The molecular formula is C9H16S2. The van der Waals surface area contributed by atoms with Crippen LogP contribution in [0.15, 0.2) is 0 Å². The molecule has 1 saturated carbocycles. The van der Waals surface area contributed by atoms with Crippen LogP contribution in [0.5, 0.6) is 0 Å². The van der Waals surface area contributed by atoms with E-state index in [0.717, 1.165) is 16.4 Å². The molecule has 2 fully saturated rings. The monoisotopic (exact) mass is 188 g/mol. The van der Waals surface area contributed by atoms with Gasteiger partial charge in [0, 0.05) is 16.3 Å². The van der Waals surface area contributed by atoms with E-state index in [1.807, 2.05) is 0 Å². The molecule has 0 aromatic carbocycles. The zero-order valence-corrected chi connectivity index (χ0v) is 8.54. The molecule has 1 aliphatic carbocycles. The first kappa shape index (κ1) is 8.31. The van der Waals surface area contributed by atoms with Gasteiger partial charge in [0.25, 0.3) is 0 Å². The van der Waals surface area contributed by atoms with Crippen molar-refractivity contribution >= 4 is 24.4 Å². The van der Waals surface area contributed by atoms with Crippen LogP contribution < -0.4 is 0 Å². The smallest absolute Gasteiger partial charge is 0.0141 e. The van der Waals surface area contributed by atoms with Crippen LogP contribution in [0.1, 0.15) is 32.1 Å². The van der Waals surface area contributed by atoms with Crippen LogP contribution in [0.25, 0.3) is 0 Å². The van der Waals surface area contributed by atoms with Crippen molar-refractivity contribution in [2.45, 2.75) is 42.6 Å².